The summed E-state index contributed by atoms with van der Waals surface area (Å²) >= 11 is 0. The third-order valence-corrected chi connectivity index (χ3v) is 2.93. The van der Waals surface area contributed by atoms with Crippen LogP contribution in [0.25, 0.3) is 0 Å². The minimum Gasteiger partial charge on any atom is -0.449 e. The first-order valence-corrected chi connectivity index (χ1v) is 6.17. The maximum atomic E-state index is 13.5. The van der Waals surface area contributed by atoms with Crippen molar-refractivity contribution < 1.29 is 13.9 Å². The van der Waals surface area contributed by atoms with Crippen molar-refractivity contribution in [2.75, 3.05) is 19.7 Å². The van der Waals surface area contributed by atoms with Crippen LogP contribution in [-0.2, 0) is 4.74 Å². The largest absolute Gasteiger partial charge is 0.449 e. The van der Waals surface area contributed by atoms with Crippen LogP contribution in [0.4, 0.5) is 9.18 Å². The van der Waals surface area contributed by atoms with Crippen molar-refractivity contribution in [1.29, 1.82) is 0 Å². The molecule has 0 aromatic carbocycles. The predicted octanol–water partition coefficient (Wildman–Crippen LogP) is 1.85. The van der Waals surface area contributed by atoms with E-state index in [1.54, 1.807) is 0 Å². The Morgan fingerprint density at radius 3 is 2.82 bits per heavy atom. The summed E-state index contributed by atoms with van der Waals surface area (Å²) in [5, 5.41) is 5.89. The van der Waals surface area contributed by atoms with E-state index in [1.807, 2.05) is 20.8 Å². The lowest BCUT2D eigenvalue weighted by molar-refractivity contribution is 0.0981. The minimum absolute atomic E-state index is 0.129. The number of nitrogens with one attached hydrogen (secondary N) is 2. The van der Waals surface area contributed by atoms with Crippen molar-refractivity contribution in [1.82, 2.24) is 10.6 Å². The fourth-order valence-electron chi connectivity index (χ4n) is 1.67. The Labute approximate surface area is 102 Å². The van der Waals surface area contributed by atoms with Gasteiger partial charge in [-0.3, -0.25) is 0 Å². The summed E-state index contributed by atoms with van der Waals surface area (Å²) in [4.78, 5) is 11.3. The van der Waals surface area contributed by atoms with E-state index in [9.17, 15) is 9.18 Å². The SMILES string of the molecule is CC(C)(C)[C@@H](F)CCOC(=O)NC1CCNC1. The molecule has 0 spiro atoms. The quantitative estimate of drug-likeness (QED) is 0.796. The van der Waals surface area contributed by atoms with Crippen LogP contribution in [0.5, 0.6) is 0 Å². The number of hydrogen-bond acceptors (Lipinski definition) is 3. The van der Waals surface area contributed by atoms with Gasteiger partial charge in [0.05, 0.1) is 6.61 Å². The number of carbonyl (C=O) groups excluding carboxylic acids is 1. The van der Waals surface area contributed by atoms with Gasteiger partial charge in [-0.15, -0.1) is 0 Å². The first kappa shape index (κ1) is 14.2. The van der Waals surface area contributed by atoms with Crippen LogP contribution in [0.2, 0.25) is 0 Å². The molecule has 0 saturated carbocycles. The van der Waals surface area contributed by atoms with Crippen molar-refractivity contribution in [2.24, 2.45) is 5.41 Å². The van der Waals surface area contributed by atoms with Crippen LogP contribution in [-0.4, -0.2) is 38.0 Å². The molecule has 1 rings (SSSR count). The van der Waals surface area contributed by atoms with Crippen molar-refractivity contribution in [3.8, 4) is 0 Å². The predicted molar refractivity (Wildman–Crippen MR) is 64.7 cm³/mol. The second kappa shape index (κ2) is 6.19. The van der Waals surface area contributed by atoms with Crippen LogP contribution in [0.3, 0.4) is 0 Å². The number of halogens is 1. The minimum atomic E-state index is -0.955. The molecule has 1 heterocycles. The van der Waals surface area contributed by atoms with E-state index in [0.717, 1.165) is 19.5 Å². The average Bonchev–Trinajstić information content (AvgIpc) is 2.68. The van der Waals surface area contributed by atoms with Gasteiger partial charge >= 0.3 is 6.09 Å². The van der Waals surface area contributed by atoms with E-state index in [2.05, 4.69) is 10.6 Å². The molecule has 2 atom stereocenters. The van der Waals surface area contributed by atoms with E-state index in [4.69, 9.17) is 4.74 Å². The second-order valence-electron chi connectivity index (χ2n) is 5.59. The molecule has 1 unspecified atom stereocenters. The Hall–Kier alpha value is -0.840. The fraction of sp³-hybridized carbons (Fsp3) is 0.917. The molecule has 1 aliphatic rings. The molecule has 5 heteroatoms. The van der Waals surface area contributed by atoms with Gasteiger partial charge in [0.1, 0.15) is 6.17 Å². The highest BCUT2D eigenvalue weighted by atomic mass is 19.1. The molecule has 2 N–H and O–H groups in total. The summed E-state index contributed by atoms with van der Waals surface area (Å²) in [6.07, 6.45) is -0.230. The first-order chi connectivity index (χ1) is 7.89. The van der Waals surface area contributed by atoms with Crippen LogP contribution >= 0.6 is 0 Å². The van der Waals surface area contributed by atoms with Gasteiger partial charge in [-0.25, -0.2) is 9.18 Å². The van der Waals surface area contributed by atoms with Crippen molar-refractivity contribution in [2.45, 2.75) is 45.8 Å². The molecule has 1 fully saturated rings. The zero-order valence-corrected chi connectivity index (χ0v) is 10.9. The smallest absolute Gasteiger partial charge is 0.407 e. The Kier molecular flexibility index (Phi) is 5.18. The lowest BCUT2D eigenvalue weighted by Gasteiger charge is -2.23. The Morgan fingerprint density at radius 1 is 1.59 bits per heavy atom. The number of alkyl halides is 1. The van der Waals surface area contributed by atoms with Crippen LogP contribution in [0.1, 0.15) is 33.6 Å². The lowest BCUT2D eigenvalue weighted by Crippen LogP contribution is -2.37. The molecule has 1 aliphatic heterocycles. The van der Waals surface area contributed by atoms with E-state index in [1.165, 1.54) is 0 Å². The fourth-order valence-corrected chi connectivity index (χ4v) is 1.67. The monoisotopic (exact) mass is 246 g/mol. The molecule has 0 aromatic heterocycles. The van der Waals surface area contributed by atoms with Gasteiger partial charge in [0.25, 0.3) is 0 Å². The summed E-state index contributed by atoms with van der Waals surface area (Å²) in [5.41, 5.74) is -0.394. The van der Waals surface area contributed by atoms with E-state index >= 15 is 0 Å². The number of alkyl carbamates (subject to hydrolysis) is 1. The Balaban J connectivity index is 2.11. The summed E-state index contributed by atoms with van der Waals surface area (Å²) in [6, 6.07) is 0.145. The molecule has 1 amide bonds. The van der Waals surface area contributed by atoms with Gasteiger partial charge in [0.2, 0.25) is 0 Å². The zero-order valence-electron chi connectivity index (χ0n) is 10.9. The zero-order chi connectivity index (χ0) is 12.9. The lowest BCUT2D eigenvalue weighted by atomic mass is 9.89. The molecule has 0 bridgehead atoms. The molecule has 0 radical (unpaired) electrons. The van der Waals surface area contributed by atoms with Crippen molar-refractivity contribution >= 4 is 6.09 Å². The molecule has 1 saturated heterocycles. The average molecular weight is 246 g/mol. The van der Waals surface area contributed by atoms with E-state index in [0.29, 0.717) is 0 Å². The summed E-state index contributed by atoms with van der Waals surface area (Å²) in [7, 11) is 0. The van der Waals surface area contributed by atoms with Gasteiger partial charge in [0, 0.05) is 19.0 Å². The molecule has 0 aliphatic carbocycles. The Bertz CT molecular complexity index is 247. The van der Waals surface area contributed by atoms with E-state index in [-0.39, 0.29) is 19.1 Å². The van der Waals surface area contributed by atoms with Gasteiger partial charge in [-0.2, -0.15) is 0 Å². The number of rotatable bonds is 4. The topological polar surface area (TPSA) is 50.4 Å². The van der Waals surface area contributed by atoms with Gasteiger partial charge < -0.3 is 15.4 Å². The van der Waals surface area contributed by atoms with Crippen LogP contribution < -0.4 is 10.6 Å². The Morgan fingerprint density at radius 2 is 2.29 bits per heavy atom. The molecule has 4 nitrogen and oxygen atoms in total. The van der Waals surface area contributed by atoms with Gasteiger partial charge in [-0.05, 0) is 18.4 Å². The summed E-state index contributed by atoms with van der Waals surface area (Å²) in [5.74, 6) is 0. The van der Waals surface area contributed by atoms with Crippen LogP contribution in [0.15, 0.2) is 0 Å². The normalized spacial score (nSPS) is 22.2. The highest BCUT2D eigenvalue weighted by Gasteiger charge is 2.24. The number of hydrogen-bond donors (Lipinski definition) is 2. The number of amides is 1. The molecule has 0 aromatic rings. The number of carbonyl (C=O) groups is 1. The number of ether oxygens (including phenoxy) is 1. The summed E-state index contributed by atoms with van der Waals surface area (Å²) < 4.78 is 18.5. The molecule has 100 valence electrons. The standard InChI is InChI=1S/C12H23FN2O2/c1-12(2,3)10(13)5-7-17-11(16)15-9-4-6-14-8-9/h9-10,14H,4-8H2,1-3H3,(H,15,16)/t9?,10-/m0/s1. The second-order valence-corrected chi connectivity index (χ2v) is 5.59. The van der Waals surface area contributed by atoms with Crippen LogP contribution in [0, 0.1) is 5.41 Å². The molecule has 17 heavy (non-hydrogen) atoms. The molecular weight excluding hydrogens is 223 g/mol. The van der Waals surface area contributed by atoms with E-state index < -0.39 is 17.7 Å². The van der Waals surface area contributed by atoms with Crippen molar-refractivity contribution in [3.05, 3.63) is 0 Å². The maximum absolute atomic E-state index is 13.5. The van der Waals surface area contributed by atoms with Gasteiger partial charge in [0.15, 0.2) is 0 Å². The first-order valence-electron chi connectivity index (χ1n) is 6.17. The third kappa shape index (κ3) is 5.35. The highest BCUT2D eigenvalue weighted by Crippen LogP contribution is 2.24. The maximum Gasteiger partial charge on any atom is 0.407 e. The van der Waals surface area contributed by atoms with Crippen molar-refractivity contribution in [3.63, 3.8) is 0 Å². The highest BCUT2D eigenvalue weighted by molar-refractivity contribution is 5.67. The molecular formula is C12H23FN2O2. The third-order valence-electron chi connectivity index (χ3n) is 2.93. The van der Waals surface area contributed by atoms with Gasteiger partial charge in [-0.1, -0.05) is 20.8 Å². The summed E-state index contributed by atoms with van der Waals surface area (Å²) in [6.45, 7) is 7.33.